The Labute approximate surface area is 128 Å². The highest BCUT2D eigenvalue weighted by Gasteiger charge is 2.70. The summed E-state index contributed by atoms with van der Waals surface area (Å²) in [4.78, 5) is 14.7. The van der Waals surface area contributed by atoms with Gasteiger partial charge in [-0.2, -0.15) is 0 Å². The highest BCUT2D eigenvalue weighted by Crippen LogP contribution is 2.47. The normalized spacial score (nSPS) is 32.3. The molecule has 2 aliphatic rings. The van der Waals surface area contributed by atoms with Gasteiger partial charge < -0.3 is 9.64 Å². The summed E-state index contributed by atoms with van der Waals surface area (Å²) in [7, 11) is -1.27. The molecule has 114 valence electrons. The SMILES string of the molecule is C[SiH](C)C12NC(c3ccccc3)OC1N(C(C)(C)C)C2=O. The van der Waals surface area contributed by atoms with Crippen molar-refractivity contribution in [1.29, 1.82) is 0 Å². The Morgan fingerprint density at radius 3 is 2.38 bits per heavy atom. The van der Waals surface area contributed by atoms with Gasteiger partial charge in [-0.15, -0.1) is 0 Å². The van der Waals surface area contributed by atoms with Crippen LogP contribution in [0.15, 0.2) is 30.3 Å². The summed E-state index contributed by atoms with van der Waals surface area (Å²) in [6.45, 7) is 10.6. The van der Waals surface area contributed by atoms with E-state index in [2.05, 4.69) is 39.2 Å². The first-order valence-corrected chi connectivity index (χ1v) is 10.5. The van der Waals surface area contributed by atoms with E-state index in [9.17, 15) is 4.79 Å². The molecule has 4 nitrogen and oxygen atoms in total. The molecule has 2 aliphatic heterocycles. The summed E-state index contributed by atoms with van der Waals surface area (Å²) in [6, 6.07) is 10.1. The van der Waals surface area contributed by atoms with E-state index in [-0.39, 0.29) is 23.9 Å². The summed E-state index contributed by atoms with van der Waals surface area (Å²) in [5, 5.41) is 3.07. The zero-order chi connectivity index (χ0) is 15.4. The van der Waals surface area contributed by atoms with Crippen LogP contribution in [0.2, 0.25) is 13.1 Å². The third-order valence-electron chi connectivity index (χ3n) is 4.57. The molecule has 2 fully saturated rings. The molecule has 0 bridgehead atoms. The molecule has 1 aromatic carbocycles. The molecule has 1 aromatic rings. The van der Waals surface area contributed by atoms with Gasteiger partial charge in [-0.05, 0) is 26.3 Å². The van der Waals surface area contributed by atoms with Crippen LogP contribution in [-0.4, -0.2) is 36.5 Å². The van der Waals surface area contributed by atoms with Crippen LogP contribution in [0.4, 0.5) is 0 Å². The van der Waals surface area contributed by atoms with Gasteiger partial charge in [-0.3, -0.25) is 10.1 Å². The van der Waals surface area contributed by atoms with Gasteiger partial charge in [-0.1, -0.05) is 43.4 Å². The van der Waals surface area contributed by atoms with Crippen molar-refractivity contribution < 1.29 is 9.53 Å². The highest BCUT2D eigenvalue weighted by molar-refractivity contribution is 6.65. The van der Waals surface area contributed by atoms with E-state index in [4.69, 9.17) is 4.74 Å². The smallest absolute Gasteiger partial charge is 0.246 e. The predicted octanol–water partition coefficient (Wildman–Crippen LogP) is 2.04. The van der Waals surface area contributed by atoms with E-state index in [0.717, 1.165) is 5.56 Å². The number of carbonyl (C=O) groups is 1. The second-order valence-electron chi connectivity index (χ2n) is 7.29. The van der Waals surface area contributed by atoms with Crippen molar-refractivity contribution in [3.63, 3.8) is 0 Å². The number of nitrogens with one attached hydrogen (secondary N) is 1. The number of amides is 1. The van der Waals surface area contributed by atoms with Crippen molar-refractivity contribution in [3.05, 3.63) is 35.9 Å². The molecular weight excluding hydrogens is 280 g/mol. The van der Waals surface area contributed by atoms with Crippen molar-refractivity contribution in [2.24, 2.45) is 0 Å². The largest absolute Gasteiger partial charge is 0.334 e. The maximum atomic E-state index is 12.8. The average Bonchev–Trinajstić information content (AvgIpc) is 2.73. The predicted molar refractivity (Wildman–Crippen MR) is 85.4 cm³/mol. The molecule has 0 spiro atoms. The lowest BCUT2D eigenvalue weighted by Crippen LogP contribution is -2.83. The summed E-state index contributed by atoms with van der Waals surface area (Å²) in [5.74, 6) is 0.208. The van der Waals surface area contributed by atoms with Gasteiger partial charge in [0.05, 0.1) is 8.80 Å². The van der Waals surface area contributed by atoms with Crippen LogP contribution >= 0.6 is 0 Å². The van der Waals surface area contributed by atoms with Crippen LogP contribution in [0.5, 0.6) is 0 Å². The average molecular weight is 304 g/mol. The molecule has 1 N–H and O–H groups in total. The zero-order valence-corrected chi connectivity index (χ0v) is 14.5. The van der Waals surface area contributed by atoms with Gasteiger partial charge >= 0.3 is 0 Å². The van der Waals surface area contributed by atoms with Crippen LogP contribution in [0, 0.1) is 0 Å². The Kier molecular flexibility index (Phi) is 3.27. The number of hydrogen-bond acceptors (Lipinski definition) is 3. The number of rotatable bonds is 2. The lowest BCUT2D eigenvalue weighted by atomic mass is 9.94. The van der Waals surface area contributed by atoms with Crippen molar-refractivity contribution in [1.82, 2.24) is 10.2 Å². The summed E-state index contributed by atoms with van der Waals surface area (Å²) in [5.41, 5.74) is 0.879. The number of benzene rings is 1. The fraction of sp³-hybridized carbons (Fsp3) is 0.562. The first-order valence-electron chi connectivity index (χ1n) is 7.60. The maximum Gasteiger partial charge on any atom is 0.246 e. The lowest BCUT2D eigenvalue weighted by Gasteiger charge is -2.57. The van der Waals surface area contributed by atoms with Crippen molar-refractivity contribution in [2.75, 3.05) is 0 Å². The molecule has 0 radical (unpaired) electrons. The van der Waals surface area contributed by atoms with Crippen molar-refractivity contribution >= 4 is 14.7 Å². The second-order valence-corrected chi connectivity index (χ2v) is 10.5. The monoisotopic (exact) mass is 304 g/mol. The molecule has 1 amide bonds. The van der Waals surface area contributed by atoms with Gasteiger partial charge in [0.25, 0.3) is 0 Å². The molecule has 5 heteroatoms. The third kappa shape index (κ3) is 1.98. The summed E-state index contributed by atoms with van der Waals surface area (Å²) in [6.07, 6.45) is -0.329. The fourth-order valence-corrected chi connectivity index (χ4v) is 5.29. The van der Waals surface area contributed by atoms with Crippen molar-refractivity contribution in [3.8, 4) is 0 Å². The fourth-order valence-electron chi connectivity index (χ4n) is 3.37. The Balaban J connectivity index is 1.94. The molecule has 21 heavy (non-hydrogen) atoms. The Bertz CT molecular complexity index is 555. The Morgan fingerprint density at radius 1 is 1.24 bits per heavy atom. The first kappa shape index (κ1) is 14.8. The molecule has 3 atom stereocenters. The molecule has 3 unspecified atom stereocenters. The minimum Gasteiger partial charge on any atom is -0.334 e. The third-order valence-corrected chi connectivity index (χ3v) is 7.09. The Morgan fingerprint density at radius 2 is 1.86 bits per heavy atom. The van der Waals surface area contributed by atoms with E-state index in [1.807, 2.05) is 35.2 Å². The first-order chi connectivity index (χ1) is 9.78. The van der Waals surface area contributed by atoms with Gasteiger partial charge in [0.1, 0.15) is 11.4 Å². The molecular formula is C16H24N2O2Si. The van der Waals surface area contributed by atoms with Crippen LogP contribution < -0.4 is 5.32 Å². The number of fused-ring (bicyclic) bond motifs is 1. The number of likely N-dealkylation sites (tertiary alicyclic amines) is 1. The molecule has 0 aromatic heterocycles. The van der Waals surface area contributed by atoms with Crippen LogP contribution in [0.25, 0.3) is 0 Å². The summed E-state index contributed by atoms with van der Waals surface area (Å²) >= 11 is 0. The van der Waals surface area contributed by atoms with Gasteiger partial charge in [-0.25, -0.2) is 0 Å². The van der Waals surface area contributed by atoms with Gasteiger partial charge in [0.15, 0.2) is 6.23 Å². The van der Waals surface area contributed by atoms with E-state index in [1.165, 1.54) is 0 Å². The maximum absolute atomic E-state index is 12.8. The lowest BCUT2D eigenvalue weighted by molar-refractivity contribution is -0.189. The molecule has 2 heterocycles. The molecule has 3 rings (SSSR count). The standard InChI is InChI=1S/C16H24N2O2Si/c1-15(2,3)18-13(19)16(21(4)5)14(18)20-12(17-16)11-9-7-6-8-10-11/h6-10,12,14,17,21H,1-5H3. The zero-order valence-electron chi connectivity index (χ0n) is 13.4. The summed E-state index contributed by atoms with van der Waals surface area (Å²) < 4.78 is 6.25. The van der Waals surface area contributed by atoms with Crippen molar-refractivity contribution in [2.45, 2.75) is 57.0 Å². The van der Waals surface area contributed by atoms with E-state index in [0.29, 0.717) is 0 Å². The van der Waals surface area contributed by atoms with Crippen LogP contribution in [-0.2, 0) is 9.53 Å². The number of nitrogens with zero attached hydrogens (tertiary/aromatic N) is 1. The Hall–Kier alpha value is -1.17. The molecule has 0 saturated carbocycles. The minimum atomic E-state index is -1.27. The molecule has 2 saturated heterocycles. The van der Waals surface area contributed by atoms with Crippen LogP contribution in [0.3, 0.4) is 0 Å². The van der Waals surface area contributed by atoms with E-state index >= 15 is 0 Å². The van der Waals surface area contributed by atoms with Gasteiger partial charge in [0.2, 0.25) is 5.91 Å². The topological polar surface area (TPSA) is 41.6 Å². The van der Waals surface area contributed by atoms with Crippen LogP contribution in [0.1, 0.15) is 32.6 Å². The van der Waals surface area contributed by atoms with Gasteiger partial charge in [0, 0.05) is 5.54 Å². The second kappa shape index (κ2) is 4.66. The molecule has 0 aliphatic carbocycles. The number of carbonyl (C=O) groups excluding carboxylic acids is 1. The minimum absolute atomic E-state index is 0.137. The quantitative estimate of drug-likeness (QED) is 0.671. The number of β-lactam (4-membered cyclic amide) rings is 1. The van der Waals surface area contributed by atoms with E-state index < -0.39 is 14.0 Å². The van der Waals surface area contributed by atoms with E-state index in [1.54, 1.807) is 0 Å². The highest BCUT2D eigenvalue weighted by atomic mass is 28.3. The number of ether oxygens (including phenoxy) is 1. The number of hydrogen-bond donors (Lipinski definition) is 1.